The Morgan fingerprint density at radius 2 is 2.06 bits per heavy atom. The molecule has 1 amide bonds. The van der Waals surface area contributed by atoms with Gasteiger partial charge in [-0.15, -0.1) is 0 Å². The summed E-state index contributed by atoms with van der Waals surface area (Å²) in [7, 11) is 1.43. The van der Waals surface area contributed by atoms with E-state index in [9.17, 15) is 14.0 Å². The van der Waals surface area contributed by atoms with Gasteiger partial charge in [0.1, 0.15) is 17.3 Å². The van der Waals surface area contributed by atoms with Crippen molar-refractivity contribution >= 4 is 17.4 Å². The Balaban J connectivity index is 2.69. The lowest BCUT2D eigenvalue weighted by Crippen LogP contribution is -2.13. The first-order chi connectivity index (χ1) is 8.02. The number of benzene rings is 1. The third kappa shape index (κ3) is 4.22. The molecule has 0 aliphatic carbocycles. The van der Waals surface area contributed by atoms with Crippen molar-refractivity contribution in [3.05, 3.63) is 24.0 Å². The summed E-state index contributed by atoms with van der Waals surface area (Å²) >= 11 is 0. The summed E-state index contributed by atoms with van der Waals surface area (Å²) in [6, 6.07) is 3.84. The van der Waals surface area contributed by atoms with Crippen LogP contribution < -0.4 is 10.1 Å². The number of hydrogen-bond donors (Lipinski definition) is 1. The first-order valence-corrected chi connectivity index (χ1v) is 5.15. The van der Waals surface area contributed by atoms with Gasteiger partial charge >= 0.3 is 0 Å². The highest BCUT2D eigenvalue weighted by atomic mass is 19.1. The van der Waals surface area contributed by atoms with E-state index in [1.807, 2.05) is 0 Å². The molecule has 1 rings (SSSR count). The Bertz CT molecular complexity index is 432. The lowest BCUT2D eigenvalue weighted by atomic mass is 10.2. The molecule has 0 saturated carbocycles. The van der Waals surface area contributed by atoms with E-state index in [1.54, 1.807) is 0 Å². The smallest absolute Gasteiger partial charge is 0.224 e. The molecule has 0 radical (unpaired) electrons. The normalized spacial score (nSPS) is 9.82. The number of amides is 1. The topological polar surface area (TPSA) is 55.4 Å². The van der Waals surface area contributed by atoms with Crippen molar-refractivity contribution in [3.63, 3.8) is 0 Å². The molecule has 0 unspecified atom stereocenters. The molecule has 17 heavy (non-hydrogen) atoms. The van der Waals surface area contributed by atoms with Crippen LogP contribution in [0.25, 0.3) is 0 Å². The lowest BCUT2D eigenvalue weighted by Gasteiger charge is -2.09. The van der Waals surface area contributed by atoms with Crippen molar-refractivity contribution < 1.29 is 18.7 Å². The van der Waals surface area contributed by atoms with Crippen LogP contribution in [0, 0.1) is 5.82 Å². The third-order valence-corrected chi connectivity index (χ3v) is 2.14. The molecule has 0 saturated heterocycles. The Morgan fingerprint density at radius 1 is 1.35 bits per heavy atom. The van der Waals surface area contributed by atoms with Gasteiger partial charge in [-0.1, -0.05) is 0 Å². The summed E-state index contributed by atoms with van der Waals surface area (Å²) in [6.07, 6.45) is 0.248. The summed E-state index contributed by atoms with van der Waals surface area (Å²) < 4.78 is 18.0. The molecule has 0 fully saturated rings. The second-order valence-electron chi connectivity index (χ2n) is 3.59. The highest BCUT2D eigenvalue weighted by Crippen LogP contribution is 2.24. The Hall–Kier alpha value is -1.91. The lowest BCUT2D eigenvalue weighted by molar-refractivity contribution is -0.121. The molecule has 92 valence electrons. The van der Waals surface area contributed by atoms with Gasteiger partial charge in [0.2, 0.25) is 5.91 Å². The fourth-order valence-electron chi connectivity index (χ4n) is 1.28. The minimum absolute atomic E-state index is 0.0636. The molecule has 0 atom stereocenters. The number of methoxy groups -OCH3 is 1. The standard InChI is InChI=1S/C12H14FNO3/c1-8(15)3-6-12(16)14-10-7-9(13)4-5-11(10)17-2/h4-5,7H,3,6H2,1-2H3,(H,14,16). The predicted molar refractivity (Wildman–Crippen MR) is 61.5 cm³/mol. The van der Waals surface area contributed by atoms with E-state index in [2.05, 4.69) is 5.32 Å². The number of hydrogen-bond acceptors (Lipinski definition) is 3. The fraction of sp³-hybridized carbons (Fsp3) is 0.333. The predicted octanol–water partition coefficient (Wildman–Crippen LogP) is 2.14. The van der Waals surface area contributed by atoms with E-state index >= 15 is 0 Å². The molecule has 0 aromatic heterocycles. The van der Waals surface area contributed by atoms with Gasteiger partial charge in [-0.05, 0) is 19.1 Å². The summed E-state index contributed by atoms with van der Waals surface area (Å²) in [6.45, 7) is 1.41. The molecule has 1 aromatic carbocycles. The highest BCUT2D eigenvalue weighted by molar-refractivity contribution is 5.94. The van der Waals surface area contributed by atoms with Crippen molar-refractivity contribution in [2.75, 3.05) is 12.4 Å². The molecule has 0 heterocycles. The summed E-state index contributed by atoms with van der Waals surface area (Å²) in [4.78, 5) is 22.2. The van der Waals surface area contributed by atoms with Crippen LogP contribution in [0.2, 0.25) is 0 Å². The van der Waals surface area contributed by atoms with Crippen LogP contribution in [0.5, 0.6) is 5.75 Å². The fourth-order valence-corrected chi connectivity index (χ4v) is 1.28. The zero-order valence-corrected chi connectivity index (χ0v) is 9.75. The summed E-state index contributed by atoms with van der Waals surface area (Å²) in [5, 5.41) is 2.50. The Kier molecular flexibility index (Phi) is 4.63. The SMILES string of the molecule is COc1ccc(F)cc1NC(=O)CCC(C)=O. The van der Waals surface area contributed by atoms with E-state index in [0.29, 0.717) is 5.75 Å². The molecule has 0 spiro atoms. The molecule has 0 aliphatic heterocycles. The molecule has 5 heteroatoms. The van der Waals surface area contributed by atoms with E-state index < -0.39 is 5.82 Å². The number of nitrogens with one attached hydrogen (secondary N) is 1. The van der Waals surface area contributed by atoms with E-state index in [4.69, 9.17) is 4.74 Å². The molecule has 1 aromatic rings. The van der Waals surface area contributed by atoms with Gasteiger partial charge < -0.3 is 14.8 Å². The summed E-state index contributed by atoms with van der Waals surface area (Å²) in [5.41, 5.74) is 0.265. The number of halogens is 1. The van der Waals surface area contributed by atoms with Gasteiger partial charge in [0, 0.05) is 18.9 Å². The number of ether oxygens (including phenoxy) is 1. The van der Waals surface area contributed by atoms with Crippen LogP contribution in [0.1, 0.15) is 19.8 Å². The third-order valence-electron chi connectivity index (χ3n) is 2.14. The number of carbonyl (C=O) groups excluding carboxylic acids is 2. The maximum absolute atomic E-state index is 13.0. The first-order valence-electron chi connectivity index (χ1n) is 5.15. The minimum atomic E-state index is -0.465. The van der Waals surface area contributed by atoms with Crippen molar-refractivity contribution in [1.29, 1.82) is 0 Å². The van der Waals surface area contributed by atoms with Crippen molar-refractivity contribution in [2.45, 2.75) is 19.8 Å². The maximum atomic E-state index is 13.0. The largest absolute Gasteiger partial charge is 0.495 e. The second-order valence-corrected chi connectivity index (χ2v) is 3.59. The van der Waals surface area contributed by atoms with Crippen LogP contribution >= 0.6 is 0 Å². The van der Waals surface area contributed by atoms with Crippen molar-refractivity contribution in [1.82, 2.24) is 0 Å². The molecule has 0 aliphatic rings. The molecule has 4 nitrogen and oxygen atoms in total. The van der Waals surface area contributed by atoms with Crippen molar-refractivity contribution in [3.8, 4) is 5.75 Å². The van der Waals surface area contributed by atoms with Gasteiger partial charge in [-0.2, -0.15) is 0 Å². The maximum Gasteiger partial charge on any atom is 0.224 e. The average molecular weight is 239 g/mol. The minimum Gasteiger partial charge on any atom is -0.495 e. The van der Waals surface area contributed by atoms with Gasteiger partial charge in [-0.3, -0.25) is 4.79 Å². The summed E-state index contributed by atoms with van der Waals surface area (Å²) in [5.74, 6) is -0.495. The molecular weight excluding hydrogens is 225 g/mol. The number of rotatable bonds is 5. The molecule has 0 bridgehead atoms. The van der Waals surface area contributed by atoms with E-state index in [-0.39, 0.29) is 30.2 Å². The first kappa shape index (κ1) is 13.2. The number of anilines is 1. The average Bonchev–Trinajstić information content (AvgIpc) is 2.27. The number of ketones is 1. The van der Waals surface area contributed by atoms with Crippen LogP contribution in [0.3, 0.4) is 0 Å². The van der Waals surface area contributed by atoms with Crippen LogP contribution in [0.15, 0.2) is 18.2 Å². The molecular formula is C12H14FNO3. The molecule has 1 N–H and O–H groups in total. The highest BCUT2D eigenvalue weighted by Gasteiger charge is 2.09. The van der Waals surface area contributed by atoms with E-state index in [1.165, 1.54) is 32.2 Å². The van der Waals surface area contributed by atoms with Gasteiger partial charge in [0.05, 0.1) is 12.8 Å². The Labute approximate surface area is 98.8 Å². The van der Waals surface area contributed by atoms with Gasteiger partial charge in [-0.25, -0.2) is 4.39 Å². The quantitative estimate of drug-likeness (QED) is 0.856. The van der Waals surface area contributed by atoms with E-state index in [0.717, 1.165) is 0 Å². The number of carbonyl (C=O) groups is 2. The van der Waals surface area contributed by atoms with Crippen LogP contribution in [0.4, 0.5) is 10.1 Å². The number of Topliss-reactive ketones (excluding diaryl/α,β-unsaturated/α-hetero) is 1. The Morgan fingerprint density at radius 3 is 2.65 bits per heavy atom. The van der Waals surface area contributed by atoms with Crippen LogP contribution in [-0.2, 0) is 9.59 Å². The zero-order chi connectivity index (χ0) is 12.8. The van der Waals surface area contributed by atoms with Gasteiger partial charge in [0.25, 0.3) is 0 Å². The van der Waals surface area contributed by atoms with Crippen molar-refractivity contribution in [2.24, 2.45) is 0 Å². The monoisotopic (exact) mass is 239 g/mol. The zero-order valence-electron chi connectivity index (χ0n) is 9.75. The second kappa shape index (κ2) is 5.98. The van der Waals surface area contributed by atoms with Gasteiger partial charge in [0.15, 0.2) is 0 Å². The van der Waals surface area contributed by atoms with Crippen LogP contribution in [-0.4, -0.2) is 18.8 Å².